The summed E-state index contributed by atoms with van der Waals surface area (Å²) in [7, 11) is 0. The predicted molar refractivity (Wildman–Crippen MR) is 139 cm³/mol. The van der Waals surface area contributed by atoms with Gasteiger partial charge in [0.2, 0.25) is 0 Å². The van der Waals surface area contributed by atoms with E-state index in [2.05, 4.69) is 103 Å². The summed E-state index contributed by atoms with van der Waals surface area (Å²) in [6.45, 7) is 20.4. The minimum absolute atomic E-state index is 0.324. The molecule has 0 saturated heterocycles. The average molecular weight is 434 g/mol. The molecule has 174 valence electrons. The van der Waals surface area contributed by atoms with E-state index in [-0.39, 0.29) is 5.60 Å². The van der Waals surface area contributed by atoms with Crippen molar-refractivity contribution in [3.05, 3.63) is 77.5 Å². The summed E-state index contributed by atoms with van der Waals surface area (Å²) in [6.07, 6.45) is 9.52. The van der Waals surface area contributed by atoms with Crippen LogP contribution in [0.5, 0.6) is 0 Å². The van der Waals surface area contributed by atoms with E-state index in [1.54, 1.807) is 5.57 Å². The summed E-state index contributed by atoms with van der Waals surface area (Å²) >= 11 is 0. The van der Waals surface area contributed by atoms with Crippen LogP contribution in [0.25, 0.3) is 11.3 Å². The van der Waals surface area contributed by atoms with Crippen LogP contribution in [-0.4, -0.2) is 11.6 Å². The number of pyridine rings is 1. The van der Waals surface area contributed by atoms with Crippen LogP contribution in [0.2, 0.25) is 0 Å². The highest BCUT2D eigenvalue weighted by molar-refractivity contribution is 5.59. The lowest BCUT2D eigenvalue weighted by molar-refractivity contribution is -0.0370. The molecule has 0 aliphatic heterocycles. The Morgan fingerprint density at radius 1 is 1.03 bits per heavy atom. The molecule has 1 heterocycles. The molecule has 0 radical (unpaired) electrons. The Morgan fingerprint density at radius 3 is 2.25 bits per heavy atom. The van der Waals surface area contributed by atoms with Crippen LogP contribution in [0.15, 0.2) is 66.4 Å². The molecule has 32 heavy (non-hydrogen) atoms. The summed E-state index contributed by atoms with van der Waals surface area (Å²) in [5.41, 5.74) is 7.13. The van der Waals surface area contributed by atoms with Gasteiger partial charge in [-0.05, 0) is 69.1 Å². The highest BCUT2D eigenvalue weighted by atomic mass is 16.5. The van der Waals surface area contributed by atoms with Crippen LogP contribution in [0.1, 0.15) is 84.8 Å². The fourth-order valence-electron chi connectivity index (χ4n) is 4.27. The van der Waals surface area contributed by atoms with Gasteiger partial charge < -0.3 is 4.74 Å². The SMILES string of the molecule is C=C(C)CC(C)(OCCC/C(=C\CC)CC(C)(C)C)c1ccc(-c2ccc(C)cn2)cc1. The van der Waals surface area contributed by atoms with E-state index in [1.807, 2.05) is 6.20 Å². The predicted octanol–water partition coefficient (Wildman–Crippen LogP) is 8.81. The van der Waals surface area contributed by atoms with E-state index in [9.17, 15) is 0 Å². The molecule has 2 aromatic rings. The second-order valence-electron chi connectivity index (χ2n) is 10.6. The topological polar surface area (TPSA) is 22.1 Å². The fraction of sp³-hybridized carbons (Fsp3) is 0.500. The molecular weight excluding hydrogens is 390 g/mol. The van der Waals surface area contributed by atoms with E-state index < -0.39 is 0 Å². The van der Waals surface area contributed by atoms with Gasteiger partial charge in [0, 0.05) is 24.8 Å². The largest absolute Gasteiger partial charge is 0.370 e. The van der Waals surface area contributed by atoms with Crippen LogP contribution in [0.4, 0.5) is 0 Å². The second kappa shape index (κ2) is 11.6. The number of hydrogen-bond acceptors (Lipinski definition) is 2. The molecule has 2 rings (SSSR count). The molecule has 1 unspecified atom stereocenters. The summed E-state index contributed by atoms with van der Waals surface area (Å²) in [5.74, 6) is 0. The highest BCUT2D eigenvalue weighted by Gasteiger charge is 2.27. The third kappa shape index (κ3) is 8.39. The van der Waals surface area contributed by atoms with Crippen LogP contribution in [-0.2, 0) is 10.3 Å². The smallest absolute Gasteiger partial charge is 0.0939 e. The molecular formula is C30H43NO. The summed E-state index contributed by atoms with van der Waals surface area (Å²) in [5, 5.41) is 0. The molecule has 2 heteroatoms. The first-order valence-electron chi connectivity index (χ1n) is 12.0. The van der Waals surface area contributed by atoms with E-state index in [4.69, 9.17) is 4.74 Å². The van der Waals surface area contributed by atoms with Gasteiger partial charge in [0.05, 0.1) is 11.3 Å². The van der Waals surface area contributed by atoms with Crippen molar-refractivity contribution in [1.82, 2.24) is 4.98 Å². The lowest BCUT2D eigenvalue weighted by atomic mass is 9.86. The number of rotatable bonds is 11. The molecule has 0 aliphatic rings. The molecule has 1 aromatic heterocycles. The Kier molecular flexibility index (Phi) is 9.46. The molecule has 0 amide bonds. The normalized spacial score (nSPS) is 14.3. The molecule has 0 aliphatic carbocycles. The quantitative estimate of drug-likeness (QED) is 0.261. The number of allylic oxidation sites excluding steroid dienone is 2. The molecule has 0 fully saturated rings. The maximum Gasteiger partial charge on any atom is 0.0939 e. The Hall–Kier alpha value is -2.19. The zero-order chi connectivity index (χ0) is 23.8. The summed E-state index contributed by atoms with van der Waals surface area (Å²) in [4.78, 5) is 4.56. The Labute approximate surface area is 196 Å². The standard InChI is InChI=1S/C30H43NO/c1-9-11-25(21-29(5,6)7)12-10-19-32-30(8,20-23(2)3)27-16-14-26(15-17-27)28-18-13-24(4)22-31-28/h11,13-18,22H,2,9-10,12,19-21H2,1,3-8H3/b25-11+. The van der Waals surface area contributed by atoms with Crippen molar-refractivity contribution in [1.29, 1.82) is 0 Å². The fourth-order valence-corrected chi connectivity index (χ4v) is 4.27. The van der Waals surface area contributed by atoms with E-state index in [0.29, 0.717) is 5.41 Å². The summed E-state index contributed by atoms with van der Waals surface area (Å²) in [6, 6.07) is 12.8. The van der Waals surface area contributed by atoms with Crippen molar-refractivity contribution in [2.45, 2.75) is 86.2 Å². The summed E-state index contributed by atoms with van der Waals surface area (Å²) < 4.78 is 6.54. The van der Waals surface area contributed by atoms with Crippen LogP contribution >= 0.6 is 0 Å². The monoisotopic (exact) mass is 433 g/mol. The molecule has 0 N–H and O–H groups in total. The van der Waals surface area contributed by atoms with Gasteiger partial charge in [-0.15, -0.1) is 6.58 Å². The van der Waals surface area contributed by atoms with E-state index >= 15 is 0 Å². The minimum Gasteiger partial charge on any atom is -0.370 e. The van der Waals surface area contributed by atoms with Gasteiger partial charge in [0.25, 0.3) is 0 Å². The Morgan fingerprint density at radius 2 is 1.72 bits per heavy atom. The zero-order valence-electron chi connectivity index (χ0n) is 21.4. The number of aryl methyl sites for hydroxylation is 1. The average Bonchev–Trinajstić information content (AvgIpc) is 2.70. The third-order valence-electron chi connectivity index (χ3n) is 5.65. The molecule has 2 nitrogen and oxygen atoms in total. The van der Waals surface area contributed by atoms with Gasteiger partial charge in [-0.2, -0.15) is 0 Å². The molecule has 1 atom stereocenters. The number of ether oxygens (including phenoxy) is 1. The van der Waals surface area contributed by atoms with Crippen LogP contribution in [0.3, 0.4) is 0 Å². The van der Waals surface area contributed by atoms with Crippen LogP contribution in [0, 0.1) is 12.3 Å². The van der Waals surface area contributed by atoms with Crippen molar-refractivity contribution in [2.24, 2.45) is 5.41 Å². The number of nitrogens with zero attached hydrogens (tertiary/aromatic N) is 1. The second-order valence-corrected chi connectivity index (χ2v) is 10.6. The van der Waals surface area contributed by atoms with Gasteiger partial charge in [0.1, 0.15) is 0 Å². The maximum absolute atomic E-state index is 6.54. The molecule has 1 aromatic carbocycles. The van der Waals surface area contributed by atoms with Gasteiger partial charge in [-0.25, -0.2) is 0 Å². The van der Waals surface area contributed by atoms with Gasteiger partial charge in [0.15, 0.2) is 0 Å². The lowest BCUT2D eigenvalue weighted by Crippen LogP contribution is -2.27. The van der Waals surface area contributed by atoms with Gasteiger partial charge in [-0.3, -0.25) is 4.98 Å². The van der Waals surface area contributed by atoms with Crippen molar-refractivity contribution in [2.75, 3.05) is 6.61 Å². The number of benzene rings is 1. The highest BCUT2D eigenvalue weighted by Crippen LogP contribution is 2.34. The Balaban J connectivity index is 2.08. The first kappa shape index (κ1) is 26.1. The molecule has 0 bridgehead atoms. The van der Waals surface area contributed by atoms with Crippen molar-refractivity contribution < 1.29 is 4.74 Å². The van der Waals surface area contributed by atoms with Crippen molar-refractivity contribution in [3.63, 3.8) is 0 Å². The lowest BCUT2D eigenvalue weighted by Gasteiger charge is -2.31. The number of aromatic nitrogens is 1. The zero-order valence-corrected chi connectivity index (χ0v) is 21.4. The minimum atomic E-state index is -0.371. The van der Waals surface area contributed by atoms with E-state index in [1.165, 1.54) is 11.1 Å². The number of hydrogen-bond donors (Lipinski definition) is 0. The molecule has 0 spiro atoms. The van der Waals surface area contributed by atoms with Crippen LogP contribution < -0.4 is 0 Å². The molecule has 0 saturated carbocycles. The Bertz CT molecular complexity index is 884. The van der Waals surface area contributed by atoms with Gasteiger partial charge in [-0.1, -0.05) is 75.2 Å². The first-order valence-corrected chi connectivity index (χ1v) is 12.0. The van der Waals surface area contributed by atoms with E-state index in [0.717, 1.165) is 55.5 Å². The van der Waals surface area contributed by atoms with Gasteiger partial charge >= 0.3 is 0 Å². The third-order valence-corrected chi connectivity index (χ3v) is 5.65. The first-order chi connectivity index (χ1) is 15.0. The maximum atomic E-state index is 6.54. The van der Waals surface area contributed by atoms with Crippen molar-refractivity contribution >= 4 is 0 Å². The van der Waals surface area contributed by atoms with Crippen molar-refractivity contribution in [3.8, 4) is 11.3 Å².